The van der Waals surface area contributed by atoms with Crippen molar-refractivity contribution in [3.63, 3.8) is 0 Å². The highest BCUT2D eigenvalue weighted by molar-refractivity contribution is 9.10. The van der Waals surface area contributed by atoms with Gasteiger partial charge >= 0.3 is 0 Å². The first kappa shape index (κ1) is 9.26. The second-order valence-electron chi connectivity index (χ2n) is 2.41. The highest BCUT2D eigenvalue weighted by atomic mass is 79.9. The molecule has 0 unspecified atom stereocenters. The smallest absolute Gasteiger partial charge is 0.207 e. The topological polar surface area (TPSA) is 29.1 Å². The molecule has 12 heavy (non-hydrogen) atoms. The van der Waals surface area contributed by atoms with Crippen LogP contribution < -0.4 is 5.32 Å². The van der Waals surface area contributed by atoms with Crippen LogP contribution in [-0.2, 0) is 11.2 Å². The van der Waals surface area contributed by atoms with Crippen molar-refractivity contribution in [1.29, 1.82) is 0 Å². The Balaban J connectivity index is 2.51. The van der Waals surface area contributed by atoms with Gasteiger partial charge in [-0.1, -0.05) is 34.1 Å². The Hall–Kier alpha value is -0.830. The van der Waals surface area contributed by atoms with Crippen LogP contribution in [0.25, 0.3) is 0 Å². The van der Waals surface area contributed by atoms with Gasteiger partial charge in [-0.15, -0.1) is 0 Å². The van der Waals surface area contributed by atoms with Crippen molar-refractivity contribution in [3.8, 4) is 0 Å². The average molecular weight is 228 g/mol. The summed E-state index contributed by atoms with van der Waals surface area (Å²) >= 11 is 3.43. The van der Waals surface area contributed by atoms with Gasteiger partial charge in [-0.05, 0) is 18.1 Å². The first-order valence-electron chi connectivity index (χ1n) is 3.75. The Labute approximate surface area is 80.1 Å². The number of carbonyl (C=O) groups excluding carboxylic acids is 1. The van der Waals surface area contributed by atoms with Crippen molar-refractivity contribution in [2.24, 2.45) is 0 Å². The summed E-state index contributed by atoms with van der Waals surface area (Å²) in [5.41, 5.74) is 1.21. The van der Waals surface area contributed by atoms with E-state index in [0.29, 0.717) is 6.54 Å². The predicted molar refractivity (Wildman–Crippen MR) is 51.9 cm³/mol. The van der Waals surface area contributed by atoms with Gasteiger partial charge in [0, 0.05) is 11.0 Å². The van der Waals surface area contributed by atoms with Gasteiger partial charge in [0.25, 0.3) is 0 Å². The van der Waals surface area contributed by atoms with E-state index in [4.69, 9.17) is 0 Å². The second kappa shape index (κ2) is 4.93. The number of rotatable bonds is 4. The van der Waals surface area contributed by atoms with Gasteiger partial charge in [0.2, 0.25) is 6.41 Å². The van der Waals surface area contributed by atoms with Crippen molar-refractivity contribution in [1.82, 2.24) is 5.32 Å². The maximum absolute atomic E-state index is 9.96. The lowest BCUT2D eigenvalue weighted by molar-refractivity contribution is -0.109. The monoisotopic (exact) mass is 227 g/mol. The number of hydrogen-bond donors (Lipinski definition) is 1. The Kier molecular flexibility index (Phi) is 3.80. The van der Waals surface area contributed by atoms with Gasteiger partial charge in [0.1, 0.15) is 0 Å². The minimum atomic E-state index is 0.687. The van der Waals surface area contributed by atoms with E-state index in [-0.39, 0.29) is 0 Å². The van der Waals surface area contributed by atoms with Crippen LogP contribution in [0.2, 0.25) is 0 Å². The first-order chi connectivity index (χ1) is 5.84. The van der Waals surface area contributed by atoms with Crippen LogP contribution in [0.3, 0.4) is 0 Å². The van der Waals surface area contributed by atoms with E-state index in [1.807, 2.05) is 24.3 Å². The van der Waals surface area contributed by atoms with E-state index >= 15 is 0 Å². The van der Waals surface area contributed by atoms with Crippen molar-refractivity contribution in [2.45, 2.75) is 6.42 Å². The summed E-state index contributed by atoms with van der Waals surface area (Å²) in [5, 5.41) is 2.62. The molecule has 0 radical (unpaired) electrons. The molecule has 1 aromatic carbocycles. The normalized spacial score (nSPS) is 9.42. The summed E-state index contributed by atoms with van der Waals surface area (Å²) in [5.74, 6) is 0. The number of carbonyl (C=O) groups is 1. The van der Waals surface area contributed by atoms with Crippen LogP contribution in [0.4, 0.5) is 0 Å². The lowest BCUT2D eigenvalue weighted by atomic mass is 10.1. The molecule has 0 aliphatic rings. The molecule has 64 valence electrons. The molecule has 0 aliphatic carbocycles. The molecule has 0 saturated heterocycles. The molecule has 0 aliphatic heterocycles. The molecule has 0 atom stereocenters. The molecule has 1 amide bonds. The average Bonchev–Trinajstić information content (AvgIpc) is 2.09. The van der Waals surface area contributed by atoms with Gasteiger partial charge in [-0.2, -0.15) is 0 Å². The number of amides is 1. The summed E-state index contributed by atoms with van der Waals surface area (Å²) in [6, 6.07) is 7.99. The Morgan fingerprint density at radius 1 is 1.42 bits per heavy atom. The zero-order valence-electron chi connectivity index (χ0n) is 6.59. The van der Waals surface area contributed by atoms with Gasteiger partial charge in [-0.25, -0.2) is 0 Å². The van der Waals surface area contributed by atoms with Crippen LogP contribution in [-0.4, -0.2) is 13.0 Å². The number of halogens is 1. The van der Waals surface area contributed by atoms with Crippen molar-refractivity contribution >= 4 is 22.3 Å². The quantitative estimate of drug-likeness (QED) is 0.617. The maximum Gasteiger partial charge on any atom is 0.207 e. The molecule has 0 aromatic heterocycles. The van der Waals surface area contributed by atoms with E-state index in [9.17, 15) is 4.79 Å². The largest absolute Gasteiger partial charge is 0.358 e. The highest BCUT2D eigenvalue weighted by Gasteiger charge is 1.96. The molecular formula is C9H10BrNO. The lowest BCUT2D eigenvalue weighted by Gasteiger charge is -2.02. The zero-order chi connectivity index (χ0) is 8.81. The first-order valence-corrected chi connectivity index (χ1v) is 4.54. The molecular weight excluding hydrogens is 218 g/mol. The fourth-order valence-corrected chi connectivity index (χ4v) is 1.45. The molecule has 0 heterocycles. The van der Waals surface area contributed by atoms with E-state index < -0.39 is 0 Å². The number of nitrogens with one attached hydrogen (secondary N) is 1. The Bertz CT molecular complexity index is 262. The summed E-state index contributed by atoms with van der Waals surface area (Å²) in [6.45, 7) is 0.687. The fraction of sp³-hybridized carbons (Fsp3) is 0.222. The third kappa shape index (κ3) is 2.66. The standard InChI is InChI=1S/C9H10BrNO/c10-9-4-2-1-3-8(9)5-6-11-7-12/h1-4,7H,5-6H2,(H,11,12). The van der Waals surface area contributed by atoms with E-state index in [1.54, 1.807) is 0 Å². The van der Waals surface area contributed by atoms with Crippen LogP contribution in [0, 0.1) is 0 Å². The van der Waals surface area contributed by atoms with Gasteiger partial charge in [0.15, 0.2) is 0 Å². The Morgan fingerprint density at radius 3 is 2.83 bits per heavy atom. The molecule has 2 nitrogen and oxygen atoms in total. The van der Waals surface area contributed by atoms with Crippen molar-refractivity contribution < 1.29 is 4.79 Å². The van der Waals surface area contributed by atoms with Crippen LogP contribution in [0.1, 0.15) is 5.56 Å². The van der Waals surface area contributed by atoms with Gasteiger partial charge < -0.3 is 5.32 Å². The van der Waals surface area contributed by atoms with Gasteiger partial charge in [-0.3, -0.25) is 4.79 Å². The lowest BCUT2D eigenvalue weighted by Crippen LogP contribution is -2.14. The number of hydrogen-bond acceptors (Lipinski definition) is 1. The molecule has 0 saturated carbocycles. The third-order valence-electron chi connectivity index (χ3n) is 1.58. The second-order valence-corrected chi connectivity index (χ2v) is 3.27. The van der Waals surface area contributed by atoms with Crippen LogP contribution >= 0.6 is 15.9 Å². The fourth-order valence-electron chi connectivity index (χ4n) is 0.967. The third-order valence-corrected chi connectivity index (χ3v) is 2.35. The molecule has 0 bridgehead atoms. The Morgan fingerprint density at radius 2 is 2.17 bits per heavy atom. The van der Waals surface area contributed by atoms with Crippen molar-refractivity contribution in [3.05, 3.63) is 34.3 Å². The van der Waals surface area contributed by atoms with Gasteiger partial charge in [0.05, 0.1) is 0 Å². The van der Waals surface area contributed by atoms with E-state index in [1.165, 1.54) is 5.56 Å². The minimum Gasteiger partial charge on any atom is -0.358 e. The number of benzene rings is 1. The van der Waals surface area contributed by atoms with E-state index in [0.717, 1.165) is 17.3 Å². The minimum absolute atomic E-state index is 0.687. The van der Waals surface area contributed by atoms with Crippen molar-refractivity contribution in [2.75, 3.05) is 6.54 Å². The molecule has 3 heteroatoms. The summed E-state index contributed by atoms with van der Waals surface area (Å²) in [7, 11) is 0. The summed E-state index contributed by atoms with van der Waals surface area (Å²) < 4.78 is 1.10. The molecule has 0 fully saturated rings. The van der Waals surface area contributed by atoms with E-state index in [2.05, 4.69) is 21.2 Å². The highest BCUT2D eigenvalue weighted by Crippen LogP contribution is 2.15. The zero-order valence-corrected chi connectivity index (χ0v) is 8.17. The predicted octanol–water partition coefficient (Wildman–Crippen LogP) is 1.74. The molecule has 1 aromatic rings. The maximum atomic E-state index is 9.96. The molecule has 1 rings (SSSR count). The van der Waals surface area contributed by atoms with Crippen LogP contribution in [0.15, 0.2) is 28.7 Å². The molecule has 1 N–H and O–H groups in total. The summed E-state index contributed by atoms with van der Waals surface area (Å²) in [6.07, 6.45) is 1.58. The van der Waals surface area contributed by atoms with Crippen LogP contribution in [0.5, 0.6) is 0 Å². The molecule has 0 spiro atoms. The SMILES string of the molecule is O=CNCCc1ccccc1Br. The summed E-state index contributed by atoms with van der Waals surface area (Å²) in [4.78, 5) is 9.96.